The van der Waals surface area contributed by atoms with Gasteiger partial charge in [0.25, 0.3) is 0 Å². The van der Waals surface area contributed by atoms with Gasteiger partial charge in [0.2, 0.25) is 0 Å². The SMILES string of the molecule is CCOC(=O)C(C(=O)OCC)[C@@H]1CC[S@](=O)[C@H]1P1(=O)OCC(C)(C)CO1. The number of rotatable bonds is 6. The first kappa shape index (κ1) is 21.5. The van der Waals surface area contributed by atoms with Gasteiger partial charge in [-0.15, -0.1) is 0 Å². The van der Waals surface area contributed by atoms with Gasteiger partial charge in [0.15, 0.2) is 5.92 Å². The van der Waals surface area contributed by atoms with Gasteiger partial charge in [0.1, 0.15) is 4.99 Å². The Kier molecular flexibility index (Phi) is 7.04. The summed E-state index contributed by atoms with van der Waals surface area (Å²) in [5, 5.41) is 0. The number of hydrogen-bond acceptors (Lipinski definition) is 8. The van der Waals surface area contributed by atoms with Gasteiger partial charge in [0, 0.05) is 27.9 Å². The van der Waals surface area contributed by atoms with Crippen molar-refractivity contribution in [2.24, 2.45) is 17.3 Å². The molecule has 0 aliphatic carbocycles. The first-order valence-corrected chi connectivity index (χ1v) is 11.7. The largest absolute Gasteiger partial charge is 0.465 e. The summed E-state index contributed by atoms with van der Waals surface area (Å²) in [5.74, 6) is -3.38. The first-order chi connectivity index (χ1) is 12.1. The second kappa shape index (κ2) is 8.50. The summed E-state index contributed by atoms with van der Waals surface area (Å²) in [6, 6.07) is 0. The number of carbonyl (C=O) groups is 2. The van der Waals surface area contributed by atoms with Crippen molar-refractivity contribution < 1.29 is 36.9 Å². The molecular formula is C16H27O8PS. The van der Waals surface area contributed by atoms with Gasteiger partial charge < -0.3 is 18.5 Å². The van der Waals surface area contributed by atoms with Crippen LogP contribution in [0.3, 0.4) is 0 Å². The van der Waals surface area contributed by atoms with Crippen molar-refractivity contribution in [2.75, 3.05) is 32.2 Å². The molecule has 2 rings (SSSR count). The summed E-state index contributed by atoms with van der Waals surface area (Å²) < 4.78 is 46.9. The Labute approximate surface area is 156 Å². The zero-order valence-corrected chi connectivity index (χ0v) is 17.3. The molecule has 2 saturated heterocycles. The maximum absolute atomic E-state index is 13.3. The molecule has 2 fully saturated rings. The van der Waals surface area contributed by atoms with Crippen LogP contribution in [0.25, 0.3) is 0 Å². The van der Waals surface area contributed by atoms with E-state index in [1.165, 1.54) is 0 Å². The summed E-state index contributed by atoms with van der Waals surface area (Å²) >= 11 is 0. The fourth-order valence-electron chi connectivity index (χ4n) is 3.09. The van der Waals surface area contributed by atoms with Crippen molar-refractivity contribution >= 4 is 30.3 Å². The molecule has 0 radical (unpaired) electrons. The molecule has 0 bridgehead atoms. The molecule has 0 spiro atoms. The van der Waals surface area contributed by atoms with E-state index in [9.17, 15) is 18.4 Å². The lowest BCUT2D eigenvalue weighted by molar-refractivity contribution is -0.164. The molecule has 0 N–H and O–H groups in total. The molecule has 26 heavy (non-hydrogen) atoms. The normalized spacial score (nSPS) is 30.1. The van der Waals surface area contributed by atoms with E-state index in [1.807, 2.05) is 13.8 Å². The third-order valence-corrected chi connectivity index (χ3v) is 9.37. The van der Waals surface area contributed by atoms with Crippen LogP contribution in [0.15, 0.2) is 0 Å². The Morgan fingerprint density at radius 1 is 1.15 bits per heavy atom. The summed E-state index contributed by atoms with van der Waals surface area (Å²) in [4.78, 5) is 23.7. The molecule has 0 unspecified atom stereocenters. The molecule has 8 nitrogen and oxygen atoms in total. The zero-order valence-electron chi connectivity index (χ0n) is 15.6. The minimum Gasteiger partial charge on any atom is -0.465 e. The Bertz CT molecular complexity index is 587. The highest BCUT2D eigenvalue weighted by molar-refractivity contribution is 7.93. The maximum Gasteiger partial charge on any atom is 0.346 e. The second-order valence-corrected chi connectivity index (χ2v) is 11.3. The van der Waals surface area contributed by atoms with E-state index in [0.29, 0.717) is 0 Å². The van der Waals surface area contributed by atoms with Crippen molar-refractivity contribution in [3.05, 3.63) is 0 Å². The molecule has 150 valence electrons. The summed E-state index contributed by atoms with van der Waals surface area (Å²) in [7, 11) is -5.28. The number of carbonyl (C=O) groups excluding carboxylic acids is 2. The molecular weight excluding hydrogens is 383 g/mol. The maximum atomic E-state index is 13.3. The average Bonchev–Trinajstić information content (AvgIpc) is 2.93. The molecule has 0 aromatic heterocycles. The fourth-order valence-corrected chi connectivity index (χ4v) is 8.57. The molecule has 3 atom stereocenters. The highest BCUT2D eigenvalue weighted by Gasteiger charge is 2.57. The summed E-state index contributed by atoms with van der Waals surface area (Å²) in [5.41, 5.74) is -0.314. The van der Waals surface area contributed by atoms with Crippen LogP contribution in [0, 0.1) is 17.3 Å². The Balaban J connectivity index is 2.32. The molecule has 2 heterocycles. The first-order valence-electron chi connectivity index (χ1n) is 8.74. The smallest absolute Gasteiger partial charge is 0.346 e. The van der Waals surface area contributed by atoms with Crippen molar-refractivity contribution in [3.63, 3.8) is 0 Å². The molecule has 0 aromatic carbocycles. The van der Waals surface area contributed by atoms with E-state index in [0.717, 1.165) is 0 Å². The number of ether oxygens (including phenoxy) is 2. The average molecular weight is 410 g/mol. The van der Waals surface area contributed by atoms with Crippen LogP contribution < -0.4 is 0 Å². The van der Waals surface area contributed by atoms with E-state index in [-0.39, 0.29) is 44.0 Å². The van der Waals surface area contributed by atoms with Crippen LogP contribution >= 0.6 is 7.60 Å². The van der Waals surface area contributed by atoms with Crippen LogP contribution in [-0.2, 0) is 43.5 Å². The van der Waals surface area contributed by atoms with Crippen LogP contribution in [-0.4, -0.2) is 53.3 Å². The Morgan fingerprint density at radius 2 is 1.65 bits per heavy atom. The Hall–Kier alpha value is -0.760. The van der Waals surface area contributed by atoms with Crippen LogP contribution in [0.4, 0.5) is 0 Å². The zero-order chi connectivity index (χ0) is 19.5. The third kappa shape index (κ3) is 4.55. The van der Waals surface area contributed by atoms with Crippen molar-refractivity contribution in [1.82, 2.24) is 0 Å². The van der Waals surface area contributed by atoms with Gasteiger partial charge in [-0.1, -0.05) is 13.8 Å². The predicted octanol–water partition coefficient (Wildman–Crippen LogP) is 2.09. The van der Waals surface area contributed by atoms with Crippen molar-refractivity contribution in [2.45, 2.75) is 39.1 Å². The molecule has 0 amide bonds. The monoisotopic (exact) mass is 410 g/mol. The second-order valence-electron chi connectivity index (χ2n) is 7.16. The topological polar surface area (TPSA) is 105 Å². The van der Waals surface area contributed by atoms with E-state index in [1.54, 1.807) is 13.8 Å². The lowest BCUT2D eigenvalue weighted by Gasteiger charge is -2.38. The van der Waals surface area contributed by atoms with Gasteiger partial charge in [-0.3, -0.25) is 18.4 Å². The summed E-state index contributed by atoms with van der Waals surface area (Å²) in [6.45, 7) is 7.62. The number of esters is 2. The van der Waals surface area contributed by atoms with Crippen LogP contribution in [0.1, 0.15) is 34.1 Å². The van der Waals surface area contributed by atoms with Gasteiger partial charge in [-0.05, 0) is 20.3 Å². The lowest BCUT2D eigenvalue weighted by Crippen LogP contribution is -2.40. The fraction of sp³-hybridized carbons (Fsp3) is 0.875. The minimum atomic E-state index is -3.74. The van der Waals surface area contributed by atoms with E-state index >= 15 is 0 Å². The molecule has 0 saturated carbocycles. The standard InChI is InChI=1S/C16H27O8PS/c1-5-21-13(17)12(14(18)22-6-2)11-7-8-26(20)15(11)25(19)23-9-16(3,4)10-24-25/h11-12,15H,5-10H2,1-4H3/t11-,15+,26-/m0/s1. The minimum absolute atomic E-state index is 0.0913. The van der Waals surface area contributed by atoms with E-state index in [2.05, 4.69) is 0 Å². The third-order valence-electron chi connectivity index (χ3n) is 4.38. The summed E-state index contributed by atoms with van der Waals surface area (Å²) in [6.07, 6.45) is 0.277. The van der Waals surface area contributed by atoms with Crippen LogP contribution in [0.2, 0.25) is 0 Å². The van der Waals surface area contributed by atoms with E-state index in [4.69, 9.17) is 18.5 Å². The van der Waals surface area contributed by atoms with Gasteiger partial charge in [0.05, 0.1) is 26.4 Å². The molecule has 2 aliphatic rings. The molecule has 10 heteroatoms. The highest BCUT2D eigenvalue weighted by Crippen LogP contribution is 2.63. The van der Waals surface area contributed by atoms with Gasteiger partial charge >= 0.3 is 19.5 Å². The Morgan fingerprint density at radius 3 is 2.12 bits per heavy atom. The van der Waals surface area contributed by atoms with Crippen molar-refractivity contribution in [3.8, 4) is 0 Å². The highest BCUT2D eigenvalue weighted by atomic mass is 32.2. The van der Waals surface area contributed by atoms with Gasteiger partial charge in [-0.25, -0.2) is 0 Å². The molecule has 2 aliphatic heterocycles. The van der Waals surface area contributed by atoms with E-state index < -0.39 is 47.2 Å². The van der Waals surface area contributed by atoms with Crippen molar-refractivity contribution in [1.29, 1.82) is 0 Å². The van der Waals surface area contributed by atoms with Gasteiger partial charge in [-0.2, -0.15) is 0 Å². The van der Waals surface area contributed by atoms with Crippen LogP contribution in [0.5, 0.6) is 0 Å². The quantitative estimate of drug-likeness (QED) is 0.372. The number of hydrogen-bond donors (Lipinski definition) is 0. The predicted molar refractivity (Wildman–Crippen MR) is 95.0 cm³/mol. The lowest BCUT2D eigenvalue weighted by atomic mass is 9.91. The molecule has 0 aromatic rings.